The van der Waals surface area contributed by atoms with Crippen molar-refractivity contribution >= 4 is 5.69 Å². The van der Waals surface area contributed by atoms with Gasteiger partial charge in [-0.3, -0.25) is 0 Å². The van der Waals surface area contributed by atoms with E-state index in [-0.39, 0.29) is 5.82 Å². The van der Waals surface area contributed by atoms with Crippen molar-refractivity contribution in [3.63, 3.8) is 0 Å². The maximum absolute atomic E-state index is 13.6. The number of hydrogen-bond donors (Lipinski definition) is 1. The van der Waals surface area contributed by atoms with Gasteiger partial charge < -0.3 is 10.6 Å². The molecule has 0 aromatic heterocycles. The van der Waals surface area contributed by atoms with Crippen molar-refractivity contribution in [3.8, 4) is 0 Å². The Hall–Kier alpha value is -1.09. The molecule has 0 atom stereocenters. The van der Waals surface area contributed by atoms with Crippen molar-refractivity contribution in [2.75, 3.05) is 18.0 Å². The number of anilines is 1. The third-order valence-electron chi connectivity index (χ3n) is 3.12. The first kappa shape index (κ1) is 10.4. The molecule has 1 aliphatic heterocycles. The third-order valence-corrected chi connectivity index (χ3v) is 3.12. The summed E-state index contributed by atoms with van der Waals surface area (Å²) in [6.45, 7) is 4.54. The van der Waals surface area contributed by atoms with Crippen LogP contribution in [0.2, 0.25) is 0 Å². The third kappa shape index (κ3) is 1.97. The predicted molar refractivity (Wildman–Crippen MR) is 60.3 cm³/mol. The van der Waals surface area contributed by atoms with E-state index in [4.69, 9.17) is 5.73 Å². The first-order valence-corrected chi connectivity index (χ1v) is 5.48. The molecule has 0 amide bonds. The van der Waals surface area contributed by atoms with Crippen LogP contribution in [0.25, 0.3) is 0 Å². The highest BCUT2D eigenvalue weighted by Gasteiger charge is 2.26. The lowest BCUT2D eigenvalue weighted by Gasteiger charge is -2.40. The average molecular weight is 208 g/mol. The monoisotopic (exact) mass is 208 g/mol. The minimum absolute atomic E-state index is 0.146. The molecular weight excluding hydrogens is 191 g/mol. The normalized spacial score (nSPS) is 16.6. The molecule has 0 bridgehead atoms. The van der Waals surface area contributed by atoms with Crippen LogP contribution in [0.5, 0.6) is 0 Å². The molecule has 0 radical (unpaired) electrons. The van der Waals surface area contributed by atoms with Crippen molar-refractivity contribution in [2.45, 2.75) is 19.9 Å². The first-order chi connectivity index (χ1) is 7.24. The molecule has 3 heteroatoms. The topological polar surface area (TPSA) is 29.3 Å². The molecule has 0 unspecified atom stereocenters. The minimum atomic E-state index is -0.146. The second-order valence-electron chi connectivity index (χ2n) is 4.17. The molecule has 2 N–H and O–H groups in total. The summed E-state index contributed by atoms with van der Waals surface area (Å²) in [6.07, 6.45) is 1.18. The van der Waals surface area contributed by atoms with Crippen LogP contribution in [0, 0.1) is 11.7 Å². The number of nitrogens with two attached hydrogens (primary N) is 1. The molecule has 1 aromatic carbocycles. The standard InChI is InChI=1S/C12H17FN2/c1-2-9-7-15(8-9)12-4-3-10(6-14)5-11(12)13/h3-5,9H,2,6-8,14H2,1H3. The van der Waals surface area contributed by atoms with Crippen LogP contribution in [-0.4, -0.2) is 13.1 Å². The summed E-state index contributed by atoms with van der Waals surface area (Å²) < 4.78 is 13.6. The highest BCUT2D eigenvalue weighted by atomic mass is 19.1. The van der Waals surface area contributed by atoms with Crippen LogP contribution in [0.4, 0.5) is 10.1 Å². The summed E-state index contributed by atoms with van der Waals surface area (Å²) in [6, 6.07) is 5.27. The Kier molecular flexibility index (Phi) is 2.91. The Morgan fingerprint density at radius 3 is 2.73 bits per heavy atom. The smallest absolute Gasteiger partial charge is 0.146 e. The first-order valence-electron chi connectivity index (χ1n) is 5.48. The van der Waals surface area contributed by atoms with Gasteiger partial charge >= 0.3 is 0 Å². The van der Waals surface area contributed by atoms with Gasteiger partial charge in [0.25, 0.3) is 0 Å². The SMILES string of the molecule is CCC1CN(c2ccc(CN)cc2F)C1. The van der Waals surface area contributed by atoms with Gasteiger partial charge in [0.1, 0.15) is 5.82 Å². The number of nitrogens with zero attached hydrogens (tertiary/aromatic N) is 1. The van der Waals surface area contributed by atoms with E-state index in [0.29, 0.717) is 6.54 Å². The summed E-state index contributed by atoms with van der Waals surface area (Å²) in [5.41, 5.74) is 7.02. The molecule has 0 spiro atoms. The Labute approximate surface area is 89.9 Å². The summed E-state index contributed by atoms with van der Waals surface area (Å²) in [4.78, 5) is 2.09. The van der Waals surface area contributed by atoms with E-state index in [1.807, 2.05) is 12.1 Å². The van der Waals surface area contributed by atoms with E-state index in [0.717, 1.165) is 30.3 Å². The molecular formula is C12H17FN2. The number of rotatable bonds is 3. The summed E-state index contributed by atoms with van der Waals surface area (Å²) in [7, 11) is 0. The van der Waals surface area contributed by atoms with Gasteiger partial charge in [0.2, 0.25) is 0 Å². The number of halogens is 1. The maximum Gasteiger partial charge on any atom is 0.146 e. The van der Waals surface area contributed by atoms with Crippen molar-refractivity contribution in [3.05, 3.63) is 29.6 Å². The fourth-order valence-corrected chi connectivity index (χ4v) is 1.96. The zero-order valence-corrected chi connectivity index (χ0v) is 9.04. The molecule has 15 heavy (non-hydrogen) atoms. The molecule has 1 heterocycles. The number of benzene rings is 1. The molecule has 2 rings (SSSR count). The molecule has 82 valence electrons. The molecule has 1 saturated heterocycles. The zero-order valence-electron chi connectivity index (χ0n) is 9.04. The fourth-order valence-electron chi connectivity index (χ4n) is 1.96. The molecule has 1 aromatic rings. The highest BCUT2D eigenvalue weighted by Crippen LogP contribution is 2.28. The van der Waals surface area contributed by atoms with Crippen LogP contribution >= 0.6 is 0 Å². The van der Waals surface area contributed by atoms with Gasteiger partial charge in [-0.05, 0) is 30.0 Å². The second-order valence-corrected chi connectivity index (χ2v) is 4.17. The molecule has 0 aliphatic carbocycles. The summed E-state index contributed by atoms with van der Waals surface area (Å²) in [5.74, 6) is 0.589. The molecule has 0 saturated carbocycles. The Morgan fingerprint density at radius 1 is 1.47 bits per heavy atom. The van der Waals surface area contributed by atoms with Crippen LogP contribution in [0.1, 0.15) is 18.9 Å². The lowest BCUT2D eigenvalue weighted by molar-refractivity contribution is 0.393. The largest absolute Gasteiger partial charge is 0.368 e. The van der Waals surface area contributed by atoms with Gasteiger partial charge in [-0.25, -0.2) is 4.39 Å². The van der Waals surface area contributed by atoms with Crippen molar-refractivity contribution < 1.29 is 4.39 Å². The predicted octanol–water partition coefficient (Wildman–Crippen LogP) is 2.13. The van der Waals surface area contributed by atoms with Crippen molar-refractivity contribution in [1.29, 1.82) is 0 Å². The van der Waals surface area contributed by atoms with Gasteiger partial charge in [-0.1, -0.05) is 13.0 Å². The van der Waals surface area contributed by atoms with Gasteiger partial charge in [0.15, 0.2) is 0 Å². The van der Waals surface area contributed by atoms with Crippen LogP contribution in [0.15, 0.2) is 18.2 Å². The summed E-state index contributed by atoms with van der Waals surface area (Å²) in [5, 5.41) is 0. The number of hydrogen-bond acceptors (Lipinski definition) is 2. The summed E-state index contributed by atoms with van der Waals surface area (Å²) >= 11 is 0. The van der Waals surface area contributed by atoms with Crippen LogP contribution in [-0.2, 0) is 6.54 Å². The molecule has 2 nitrogen and oxygen atoms in total. The second kappa shape index (κ2) is 4.19. The van der Waals surface area contributed by atoms with Crippen LogP contribution < -0.4 is 10.6 Å². The van der Waals surface area contributed by atoms with Crippen LogP contribution in [0.3, 0.4) is 0 Å². The van der Waals surface area contributed by atoms with Gasteiger partial charge in [0.05, 0.1) is 5.69 Å². The molecule has 1 fully saturated rings. The average Bonchev–Trinajstić information content (AvgIpc) is 2.18. The lowest BCUT2D eigenvalue weighted by Crippen LogP contribution is -2.46. The zero-order chi connectivity index (χ0) is 10.8. The van der Waals surface area contributed by atoms with E-state index in [1.165, 1.54) is 12.5 Å². The maximum atomic E-state index is 13.6. The molecule has 1 aliphatic rings. The van der Waals surface area contributed by atoms with E-state index in [9.17, 15) is 4.39 Å². The fraction of sp³-hybridized carbons (Fsp3) is 0.500. The van der Waals surface area contributed by atoms with Gasteiger partial charge in [0, 0.05) is 19.6 Å². The van der Waals surface area contributed by atoms with Crippen molar-refractivity contribution in [2.24, 2.45) is 11.7 Å². The van der Waals surface area contributed by atoms with E-state index in [1.54, 1.807) is 0 Å². The Morgan fingerprint density at radius 2 is 2.20 bits per heavy atom. The van der Waals surface area contributed by atoms with E-state index >= 15 is 0 Å². The highest BCUT2D eigenvalue weighted by molar-refractivity contribution is 5.51. The lowest BCUT2D eigenvalue weighted by atomic mass is 9.96. The quantitative estimate of drug-likeness (QED) is 0.824. The van der Waals surface area contributed by atoms with Gasteiger partial charge in [-0.15, -0.1) is 0 Å². The Bertz CT molecular complexity index is 345. The van der Waals surface area contributed by atoms with Crippen molar-refractivity contribution in [1.82, 2.24) is 0 Å². The Balaban J connectivity index is 2.10. The van der Waals surface area contributed by atoms with Gasteiger partial charge in [-0.2, -0.15) is 0 Å². The van der Waals surface area contributed by atoms with E-state index < -0.39 is 0 Å². The minimum Gasteiger partial charge on any atom is -0.368 e. The van der Waals surface area contributed by atoms with E-state index in [2.05, 4.69) is 11.8 Å².